The molecule has 1 amide bonds. The number of carbonyl (C=O) groups is 3. The number of nitrogens with one attached hydrogen (secondary N) is 1. The van der Waals surface area contributed by atoms with Crippen LogP contribution in [0.1, 0.15) is 56.9 Å². The summed E-state index contributed by atoms with van der Waals surface area (Å²) in [6.07, 6.45) is 5.97. The van der Waals surface area contributed by atoms with Gasteiger partial charge in [0.15, 0.2) is 0 Å². The van der Waals surface area contributed by atoms with E-state index in [9.17, 15) is 24.6 Å². The van der Waals surface area contributed by atoms with E-state index in [0.717, 1.165) is 31.2 Å². The van der Waals surface area contributed by atoms with Crippen LogP contribution in [0.2, 0.25) is 0 Å². The second-order valence-corrected chi connectivity index (χ2v) is 9.01. The van der Waals surface area contributed by atoms with Gasteiger partial charge < -0.3 is 20.8 Å². The maximum atomic E-state index is 13.6. The van der Waals surface area contributed by atoms with Gasteiger partial charge in [0.1, 0.15) is 12.1 Å². The van der Waals surface area contributed by atoms with Crippen molar-refractivity contribution in [1.82, 2.24) is 10.2 Å². The van der Waals surface area contributed by atoms with Gasteiger partial charge >= 0.3 is 11.9 Å². The number of carboxylic acid groups (broad SMARTS) is 2. The van der Waals surface area contributed by atoms with Gasteiger partial charge in [-0.25, -0.2) is 4.79 Å². The lowest BCUT2D eigenvalue weighted by Gasteiger charge is -2.33. The molecule has 2 aliphatic rings. The number of aliphatic carboxylic acids is 2. The molecule has 1 aromatic rings. The number of nitrogens with zero attached hydrogens (tertiary/aromatic N) is 1. The van der Waals surface area contributed by atoms with Crippen molar-refractivity contribution in [2.75, 3.05) is 6.54 Å². The summed E-state index contributed by atoms with van der Waals surface area (Å²) in [5, 5.41) is 22.6. The van der Waals surface area contributed by atoms with Crippen molar-refractivity contribution in [1.29, 1.82) is 0 Å². The van der Waals surface area contributed by atoms with E-state index in [0.29, 0.717) is 38.6 Å². The Morgan fingerprint density at radius 3 is 2.47 bits per heavy atom. The second kappa shape index (κ2) is 11.4. The van der Waals surface area contributed by atoms with E-state index in [1.165, 1.54) is 0 Å². The van der Waals surface area contributed by atoms with Crippen molar-refractivity contribution in [3.05, 3.63) is 35.9 Å². The number of unbranched alkanes of at least 4 members (excludes halogenated alkanes) is 1. The van der Waals surface area contributed by atoms with Gasteiger partial charge in [0, 0.05) is 6.04 Å². The second-order valence-electron chi connectivity index (χ2n) is 9.01. The van der Waals surface area contributed by atoms with E-state index in [1.54, 1.807) is 4.90 Å². The quantitative estimate of drug-likeness (QED) is 0.362. The Morgan fingerprint density at radius 1 is 1.06 bits per heavy atom. The fourth-order valence-corrected chi connectivity index (χ4v) is 5.25. The Balaban J connectivity index is 1.75. The normalized spacial score (nSPS) is 24.2. The van der Waals surface area contributed by atoms with Crippen molar-refractivity contribution >= 4 is 17.8 Å². The molecule has 0 spiro atoms. The molecule has 1 aromatic carbocycles. The van der Waals surface area contributed by atoms with Gasteiger partial charge in [0.05, 0.1) is 6.04 Å². The molecule has 1 aliphatic heterocycles. The highest BCUT2D eigenvalue weighted by Crippen LogP contribution is 2.41. The minimum atomic E-state index is -1.01. The predicted molar refractivity (Wildman–Crippen MR) is 120 cm³/mol. The fraction of sp³-hybridized carbons (Fsp3) is 0.625. The van der Waals surface area contributed by atoms with E-state index in [-0.39, 0.29) is 17.9 Å². The summed E-state index contributed by atoms with van der Waals surface area (Å²) in [4.78, 5) is 39.0. The van der Waals surface area contributed by atoms with Crippen LogP contribution in [0.4, 0.5) is 0 Å². The van der Waals surface area contributed by atoms with E-state index in [4.69, 9.17) is 5.73 Å². The minimum Gasteiger partial charge on any atom is -0.480 e. The predicted octanol–water partition coefficient (Wildman–Crippen LogP) is 2.01. The maximum Gasteiger partial charge on any atom is 0.326 e. The van der Waals surface area contributed by atoms with Gasteiger partial charge in [-0.1, -0.05) is 43.2 Å². The molecule has 0 radical (unpaired) electrons. The first-order valence-corrected chi connectivity index (χ1v) is 11.7. The number of hydrogen-bond acceptors (Lipinski definition) is 5. The van der Waals surface area contributed by atoms with Gasteiger partial charge in [0.25, 0.3) is 0 Å². The summed E-state index contributed by atoms with van der Waals surface area (Å²) in [6, 6.07) is 7.11. The molecule has 0 aromatic heterocycles. The first kappa shape index (κ1) is 24.2. The molecule has 5 atom stereocenters. The monoisotopic (exact) mass is 445 g/mol. The van der Waals surface area contributed by atoms with Crippen molar-refractivity contribution in [3.63, 3.8) is 0 Å². The Hall–Kier alpha value is -2.45. The van der Waals surface area contributed by atoms with Crippen LogP contribution < -0.4 is 11.1 Å². The third-order valence-corrected chi connectivity index (χ3v) is 6.89. The first-order valence-electron chi connectivity index (χ1n) is 11.7. The van der Waals surface area contributed by atoms with E-state index < -0.39 is 30.1 Å². The molecule has 1 aliphatic carbocycles. The zero-order chi connectivity index (χ0) is 23.1. The van der Waals surface area contributed by atoms with E-state index in [2.05, 4.69) is 5.32 Å². The number of benzene rings is 1. The summed E-state index contributed by atoms with van der Waals surface area (Å²) >= 11 is 0. The highest BCUT2D eigenvalue weighted by molar-refractivity contribution is 5.88. The molecule has 176 valence electrons. The molecule has 1 heterocycles. The van der Waals surface area contributed by atoms with E-state index >= 15 is 0 Å². The highest BCUT2D eigenvalue weighted by Gasteiger charge is 2.50. The van der Waals surface area contributed by atoms with Gasteiger partial charge in [0.2, 0.25) is 5.91 Å². The van der Waals surface area contributed by atoms with Gasteiger partial charge in [-0.15, -0.1) is 0 Å². The summed E-state index contributed by atoms with van der Waals surface area (Å²) in [5.41, 5.74) is 6.65. The van der Waals surface area contributed by atoms with Crippen LogP contribution in [0, 0.1) is 5.92 Å². The average molecular weight is 446 g/mol. The number of rotatable bonds is 12. The molecule has 1 saturated carbocycles. The highest BCUT2D eigenvalue weighted by atomic mass is 16.4. The maximum absolute atomic E-state index is 13.6. The number of aryl methyl sites for hydroxylation is 1. The Bertz CT molecular complexity index is 787. The lowest BCUT2D eigenvalue weighted by molar-refractivity contribution is -0.151. The van der Waals surface area contributed by atoms with Crippen LogP contribution in [0.15, 0.2) is 30.3 Å². The number of carboxylic acids is 2. The summed E-state index contributed by atoms with van der Waals surface area (Å²) in [5.74, 6) is -2.05. The molecule has 5 N–H and O–H groups in total. The van der Waals surface area contributed by atoms with E-state index in [1.807, 2.05) is 30.3 Å². The van der Waals surface area contributed by atoms with Crippen molar-refractivity contribution in [2.24, 2.45) is 11.7 Å². The van der Waals surface area contributed by atoms with Crippen LogP contribution >= 0.6 is 0 Å². The van der Waals surface area contributed by atoms with Crippen molar-refractivity contribution in [2.45, 2.75) is 82.0 Å². The third kappa shape index (κ3) is 5.86. The Morgan fingerprint density at radius 2 is 1.81 bits per heavy atom. The molecule has 3 rings (SSSR count). The SMILES string of the molecule is NCCCCC(NC(CCc1ccccc1)C(=O)O)C(=O)N1[C@H](C(=O)O)C[C@@H]2CCC[C@@H]21. The molecule has 8 heteroatoms. The van der Waals surface area contributed by atoms with Crippen LogP contribution in [0.5, 0.6) is 0 Å². The number of nitrogens with two attached hydrogens (primary N) is 1. The average Bonchev–Trinajstić information content (AvgIpc) is 3.37. The van der Waals surface area contributed by atoms with Gasteiger partial charge in [-0.05, 0) is 63.0 Å². The minimum absolute atomic E-state index is 0.0602. The Labute approximate surface area is 189 Å². The number of amides is 1. The smallest absolute Gasteiger partial charge is 0.326 e. The van der Waals surface area contributed by atoms with Crippen LogP contribution in [0.3, 0.4) is 0 Å². The molecule has 2 unspecified atom stereocenters. The summed E-state index contributed by atoms with van der Waals surface area (Å²) < 4.78 is 0. The van der Waals surface area contributed by atoms with Crippen molar-refractivity contribution in [3.8, 4) is 0 Å². The number of hydrogen-bond donors (Lipinski definition) is 4. The zero-order valence-electron chi connectivity index (χ0n) is 18.5. The van der Waals surface area contributed by atoms with Crippen LogP contribution in [0.25, 0.3) is 0 Å². The summed E-state index contributed by atoms with van der Waals surface area (Å²) in [7, 11) is 0. The van der Waals surface area contributed by atoms with Crippen LogP contribution in [-0.2, 0) is 20.8 Å². The molecule has 8 nitrogen and oxygen atoms in total. The fourth-order valence-electron chi connectivity index (χ4n) is 5.25. The number of fused-ring (bicyclic) bond motifs is 1. The van der Waals surface area contributed by atoms with Crippen molar-refractivity contribution < 1.29 is 24.6 Å². The lowest BCUT2D eigenvalue weighted by Crippen LogP contribution is -2.56. The molecule has 0 bridgehead atoms. The van der Waals surface area contributed by atoms with Gasteiger partial charge in [-0.2, -0.15) is 0 Å². The van der Waals surface area contributed by atoms with Crippen LogP contribution in [-0.4, -0.2) is 63.7 Å². The number of carbonyl (C=O) groups excluding carboxylic acids is 1. The molecule has 1 saturated heterocycles. The largest absolute Gasteiger partial charge is 0.480 e. The molecule has 2 fully saturated rings. The summed E-state index contributed by atoms with van der Waals surface area (Å²) in [6.45, 7) is 0.490. The molecule has 32 heavy (non-hydrogen) atoms. The molecular weight excluding hydrogens is 410 g/mol. The zero-order valence-corrected chi connectivity index (χ0v) is 18.5. The third-order valence-electron chi connectivity index (χ3n) is 6.89. The topological polar surface area (TPSA) is 133 Å². The number of likely N-dealkylation sites (tertiary alicyclic amines) is 1. The Kier molecular flexibility index (Phi) is 8.64. The lowest BCUT2D eigenvalue weighted by atomic mass is 10.0. The standard InChI is InChI=1S/C24H35N3O5/c25-14-5-4-10-18(26-19(23(29)30)13-12-16-7-2-1-3-8-16)22(28)27-20-11-6-9-17(20)15-21(27)24(31)32/h1-3,7-8,17-21,26H,4-6,9-15,25H2,(H,29,30)(H,31,32)/t17-,18?,19?,20-,21-/m0/s1. The van der Waals surface area contributed by atoms with Gasteiger partial charge in [-0.3, -0.25) is 14.9 Å². The first-order chi connectivity index (χ1) is 15.4. The molecular formula is C24H35N3O5.